The highest BCUT2D eigenvalue weighted by Gasteiger charge is 2.09. The molecule has 0 aromatic carbocycles. The van der Waals surface area contributed by atoms with Crippen molar-refractivity contribution in [2.75, 3.05) is 7.05 Å². The first-order valence-electron chi connectivity index (χ1n) is 5.28. The molecule has 1 N–H and O–H groups in total. The van der Waals surface area contributed by atoms with Gasteiger partial charge in [-0.3, -0.25) is 0 Å². The van der Waals surface area contributed by atoms with Gasteiger partial charge >= 0.3 is 0 Å². The lowest BCUT2D eigenvalue weighted by Crippen LogP contribution is -2.27. The van der Waals surface area contributed by atoms with Crippen molar-refractivity contribution >= 4 is 11.5 Å². The van der Waals surface area contributed by atoms with E-state index in [1.165, 1.54) is 12.8 Å². The number of nitrogens with one attached hydrogen (secondary N) is 1. The molecule has 0 bridgehead atoms. The fourth-order valence-electron chi connectivity index (χ4n) is 1.42. The molecule has 0 spiro atoms. The molecule has 3 nitrogen and oxygen atoms in total. The van der Waals surface area contributed by atoms with Crippen LogP contribution in [0.3, 0.4) is 0 Å². The highest BCUT2D eigenvalue weighted by atomic mass is 32.1. The molecule has 1 heterocycles. The zero-order chi connectivity index (χ0) is 10.4. The van der Waals surface area contributed by atoms with Crippen LogP contribution in [0.2, 0.25) is 0 Å². The number of aryl methyl sites for hydroxylation is 1. The molecule has 0 saturated carbocycles. The zero-order valence-electron chi connectivity index (χ0n) is 9.21. The number of likely N-dealkylation sites (N-methyl/N-ethyl adjacent to an activating group) is 1. The summed E-state index contributed by atoms with van der Waals surface area (Å²) in [6.45, 7) is 4.30. The first-order valence-corrected chi connectivity index (χ1v) is 6.06. The van der Waals surface area contributed by atoms with Crippen molar-refractivity contribution < 1.29 is 0 Å². The fraction of sp³-hybridized carbons (Fsp3) is 0.800. The zero-order valence-corrected chi connectivity index (χ0v) is 10.0. The second kappa shape index (κ2) is 6.09. The Kier molecular flexibility index (Phi) is 5.04. The molecule has 1 unspecified atom stereocenters. The van der Waals surface area contributed by atoms with Gasteiger partial charge in [-0.15, -0.1) is 0 Å². The highest BCUT2D eigenvalue weighted by molar-refractivity contribution is 7.05. The summed E-state index contributed by atoms with van der Waals surface area (Å²) in [5.41, 5.74) is 0. The van der Waals surface area contributed by atoms with Crippen molar-refractivity contribution in [1.29, 1.82) is 0 Å². The van der Waals surface area contributed by atoms with Crippen molar-refractivity contribution in [2.45, 2.75) is 45.6 Å². The molecule has 0 radical (unpaired) electrons. The van der Waals surface area contributed by atoms with Crippen LogP contribution in [0.1, 0.15) is 37.5 Å². The van der Waals surface area contributed by atoms with Gasteiger partial charge in [-0.1, -0.05) is 20.3 Å². The lowest BCUT2D eigenvalue weighted by atomic mass is 10.1. The Balaban J connectivity index is 2.48. The van der Waals surface area contributed by atoms with E-state index >= 15 is 0 Å². The second-order valence-electron chi connectivity index (χ2n) is 3.44. The Morgan fingerprint density at radius 3 is 2.71 bits per heavy atom. The lowest BCUT2D eigenvalue weighted by Gasteiger charge is -2.12. The minimum atomic E-state index is 0.553. The van der Waals surface area contributed by atoms with Crippen LogP contribution in [-0.4, -0.2) is 22.4 Å². The highest BCUT2D eigenvalue weighted by Crippen LogP contribution is 2.10. The van der Waals surface area contributed by atoms with E-state index in [0.29, 0.717) is 6.04 Å². The Bertz CT molecular complexity index is 260. The maximum Gasteiger partial charge on any atom is 0.142 e. The monoisotopic (exact) mass is 213 g/mol. The standard InChI is InChI=1S/C10H19N3S/c1-4-6-8(11-3)7-10-12-9(5-2)13-14-10/h8,11H,4-7H2,1-3H3. The van der Waals surface area contributed by atoms with Gasteiger partial charge in [0, 0.05) is 18.9 Å². The topological polar surface area (TPSA) is 37.8 Å². The van der Waals surface area contributed by atoms with Crippen molar-refractivity contribution in [2.24, 2.45) is 0 Å². The van der Waals surface area contributed by atoms with E-state index in [9.17, 15) is 0 Å². The summed E-state index contributed by atoms with van der Waals surface area (Å²) in [5.74, 6) is 0.983. The van der Waals surface area contributed by atoms with E-state index in [1.807, 2.05) is 7.05 Å². The molecule has 0 aliphatic heterocycles. The van der Waals surface area contributed by atoms with Crippen LogP contribution < -0.4 is 5.32 Å². The summed E-state index contributed by atoms with van der Waals surface area (Å²) in [7, 11) is 2.02. The molecule has 14 heavy (non-hydrogen) atoms. The average Bonchev–Trinajstić information content (AvgIpc) is 2.65. The van der Waals surface area contributed by atoms with Gasteiger partial charge in [-0.2, -0.15) is 4.37 Å². The predicted octanol–water partition coefficient (Wildman–Crippen LogP) is 2.03. The van der Waals surface area contributed by atoms with E-state index in [-0.39, 0.29) is 0 Å². The number of rotatable bonds is 6. The Morgan fingerprint density at radius 2 is 2.21 bits per heavy atom. The van der Waals surface area contributed by atoms with Gasteiger partial charge in [0.1, 0.15) is 10.8 Å². The van der Waals surface area contributed by atoms with Crippen LogP contribution in [0.25, 0.3) is 0 Å². The van der Waals surface area contributed by atoms with Crippen LogP contribution in [0, 0.1) is 0 Å². The smallest absolute Gasteiger partial charge is 0.142 e. The van der Waals surface area contributed by atoms with Crippen LogP contribution in [-0.2, 0) is 12.8 Å². The third-order valence-electron chi connectivity index (χ3n) is 2.29. The molecule has 1 rings (SSSR count). The van der Waals surface area contributed by atoms with E-state index in [0.717, 1.165) is 23.7 Å². The van der Waals surface area contributed by atoms with Gasteiger partial charge < -0.3 is 5.32 Å². The molecule has 0 aliphatic rings. The van der Waals surface area contributed by atoms with Gasteiger partial charge in [0.2, 0.25) is 0 Å². The van der Waals surface area contributed by atoms with Crippen molar-refractivity contribution in [3.05, 3.63) is 10.8 Å². The van der Waals surface area contributed by atoms with Gasteiger partial charge in [-0.25, -0.2) is 4.98 Å². The Labute approximate surface area is 90.1 Å². The van der Waals surface area contributed by atoms with Crippen molar-refractivity contribution in [1.82, 2.24) is 14.7 Å². The second-order valence-corrected chi connectivity index (χ2v) is 4.27. The lowest BCUT2D eigenvalue weighted by molar-refractivity contribution is 0.512. The molecule has 1 aromatic heterocycles. The first kappa shape index (κ1) is 11.6. The van der Waals surface area contributed by atoms with Gasteiger partial charge in [0.05, 0.1) is 0 Å². The molecule has 0 amide bonds. The van der Waals surface area contributed by atoms with Crippen LogP contribution >= 0.6 is 11.5 Å². The molecule has 4 heteroatoms. The predicted molar refractivity (Wildman–Crippen MR) is 60.7 cm³/mol. The van der Waals surface area contributed by atoms with Crippen molar-refractivity contribution in [3.63, 3.8) is 0 Å². The number of hydrogen-bond donors (Lipinski definition) is 1. The molecule has 0 saturated heterocycles. The van der Waals surface area contributed by atoms with Crippen LogP contribution in [0.15, 0.2) is 0 Å². The van der Waals surface area contributed by atoms with Crippen LogP contribution in [0.5, 0.6) is 0 Å². The number of nitrogens with zero attached hydrogens (tertiary/aromatic N) is 2. The number of hydrogen-bond acceptors (Lipinski definition) is 4. The van der Waals surface area contributed by atoms with Gasteiger partial charge in [0.15, 0.2) is 0 Å². The molecule has 1 aromatic rings. The third kappa shape index (κ3) is 3.35. The molecule has 0 fully saturated rings. The van der Waals surface area contributed by atoms with E-state index in [2.05, 4.69) is 28.5 Å². The summed E-state index contributed by atoms with van der Waals surface area (Å²) in [6.07, 6.45) is 4.37. The largest absolute Gasteiger partial charge is 0.317 e. The van der Waals surface area contributed by atoms with E-state index in [4.69, 9.17) is 0 Å². The minimum Gasteiger partial charge on any atom is -0.317 e. The normalized spacial score (nSPS) is 13.1. The first-order chi connectivity index (χ1) is 6.80. The summed E-state index contributed by atoms with van der Waals surface area (Å²) in [5, 5.41) is 4.48. The maximum atomic E-state index is 4.47. The third-order valence-corrected chi connectivity index (χ3v) is 3.06. The molecular formula is C10H19N3S. The van der Waals surface area contributed by atoms with E-state index < -0.39 is 0 Å². The van der Waals surface area contributed by atoms with Gasteiger partial charge in [0.25, 0.3) is 0 Å². The summed E-state index contributed by atoms with van der Waals surface area (Å²) in [4.78, 5) is 4.47. The minimum absolute atomic E-state index is 0.553. The molecular weight excluding hydrogens is 194 g/mol. The SMILES string of the molecule is CCCC(Cc1nc(CC)ns1)NC. The molecule has 1 atom stereocenters. The number of aromatic nitrogens is 2. The fourth-order valence-corrected chi connectivity index (χ4v) is 2.23. The maximum absolute atomic E-state index is 4.47. The van der Waals surface area contributed by atoms with Crippen molar-refractivity contribution in [3.8, 4) is 0 Å². The Morgan fingerprint density at radius 1 is 1.43 bits per heavy atom. The summed E-state index contributed by atoms with van der Waals surface area (Å²) >= 11 is 1.54. The van der Waals surface area contributed by atoms with Crippen LogP contribution in [0.4, 0.5) is 0 Å². The summed E-state index contributed by atoms with van der Waals surface area (Å²) < 4.78 is 4.28. The Hall–Kier alpha value is -0.480. The van der Waals surface area contributed by atoms with Gasteiger partial charge in [-0.05, 0) is 25.0 Å². The average molecular weight is 213 g/mol. The summed E-state index contributed by atoms with van der Waals surface area (Å²) in [6, 6.07) is 0.553. The molecule has 0 aliphatic carbocycles. The van der Waals surface area contributed by atoms with E-state index in [1.54, 1.807) is 11.5 Å². The molecule has 80 valence electrons. The quantitative estimate of drug-likeness (QED) is 0.785.